The molecule has 3 aromatic rings. The van der Waals surface area contributed by atoms with E-state index in [1.54, 1.807) is 4.90 Å². The van der Waals surface area contributed by atoms with Crippen LogP contribution < -0.4 is 0 Å². The van der Waals surface area contributed by atoms with E-state index in [-0.39, 0.29) is 39.3 Å². The Labute approximate surface area is 183 Å². The lowest BCUT2D eigenvalue weighted by atomic mass is 10.4. The number of alkyl halides is 9. The molecule has 0 amide bonds. The van der Waals surface area contributed by atoms with Gasteiger partial charge in [-0.25, -0.2) is 0 Å². The Bertz CT molecular complexity index is 928. The van der Waals surface area contributed by atoms with Gasteiger partial charge >= 0.3 is 18.5 Å². The Hall–Kier alpha value is -3.25. The highest BCUT2D eigenvalue weighted by atomic mass is 19.4. The first-order chi connectivity index (χ1) is 15.7. The van der Waals surface area contributed by atoms with Crippen molar-refractivity contribution in [3.05, 3.63) is 35.7 Å². The smallest absolute Gasteiger partial charge is 0.298 e. The van der Waals surface area contributed by atoms with Crippen molar-refractivity contribution in [2.75, 3.05) is 19.6 Å². The molecule has 19 heteroatoms. The molecule has 34 heavy (non-hydrogen) atoms. The van der Waals surface area contributed by atoms with E-state index in [1.165, 1.54) is 0 Å². The third-order valence-corrected chi connectivity index (χ3v) is 4.42. The summed E-state index contributed by atoms with van der Waals surface area (Å²) in [5.41, 5.74) is -3.61. The molecular formula is C15H15F9N10. The van der Waals surface area contributed by atoms with Gasteiger partial charge in [0.2, 0.25) is 0 Å². The lowest BCUT2D eigenvalue weighted by molar-refractivity contribution is -0.142. The highest BCUT2D eigenvalue weighted by Gasteiger charge is 2.36. The van der Waals surface area contributed by atoms with Gasteiger partial charge in [-0.05, 0) is 0 Å². The van der Waals surface area contributed by atoms with E-state index in [4.69, 9.17) is 0 Å². The number of rotatable bonds is 9. The van der Waals surface area contributed by atoms with E-state index in [9.17, 15) is 39.5 Å². The van der Waals surface area contributed by atoms with E-state index < -0.39 is 35.6 Å². The van der Waals surface area contributed by atoms with Crippen molar-refractivity contribution in [1.29, 1.82) is 0 Å². The van der Waals surface area contributed by atoms with Gasteiger partial charge < -0.3 is 0 Å². The molecule has 0 spiro atoms. The summed E-state index contributed by atoms with van der Waals surface area (Å²) in [6.07, 6.45) is -12.0. The van der Waals surface area contributed by atoms with Crippen LogP contribution in [-0.2, 0) is 38.2 Å². The summed E-state index contributed by atoms with van der Waals surface area (Å²) in [7, 11) is 0. The summed E-state index contributed by atoms with van der Waals surface area (Å²) in [6, 6.07) is 0. The summed E-state index contributed by atoms with van der Waals surface area (Å²) in [5, 5.41) is 19.1. The molecule has 3 heterocycles. The van der Waals surface area contributed by atoms with Crippen LogP contribution in [0.3, 0.4) is 0 Å². The molecule has 10 nitrogen and oxygen atoms in total. The fourth-order valence-electron chi connectivity index (χ4n) is 2.68. The van der Waals surface area contributed by atoms with Crippen LogP contribution in [-0.4, -0.2) is 69.5 Å². The van der Waals surface area contributed by atoms with E-state index in [2.05, 4.69) is 30.9 Å². The van der Waals surface area contributed by atoms with Crippen LogP contribution in [0.2, 0.25) is 0 Å². The average molecular weight is 506 g/mol. The van der Waals surface area contributed by atoms with Gasteiger partial charge in [-0.1, -0.05) is 15.6 Å². The van der Waals surface area contributed by atoms with Crippen molar-refractivity contribution in [2.24, 2.45) is 0 Å². The molecule has 0 unspecified atom stereocenters. The first-order valence-corrected chi connectivity index (χ1v) is 9.36. The number of halogens is 9. The van der Waals surface area contributed by atoms with E-state index >= 15 is 0 Å². The zero-order valence-corrected chi connectivity index (χ0v) is 16.8. The summed E-state index contributed by atoms with van der Waals surface area (Å²) in [4.78, 5) is 1.57. The van der Waals surface area contributed by atoms with Gasteiger partial charge in [0.05, 0.1) is 38.2 Å². The van der Waals surface area contributed by atoms with Gasteiger partial charge in [0.15, 0.2) is 17.1 Å². The molecule has 0 saturated heterocycles. The predicted octanol–water partition coefficient (Wildman–Crippen LogP) is 2.22. The summed E-state index contributed by atoms with van der Waals surface area (Å²) in [5.74, 6) is 0. The predicted molar refractivity (Wildman–Crippen MR) is 91.5 cm³/mol. The molecule has 0 fully saturated rings. The quantitative estimate of drug-likeness (QED) is 0.411. The second-order valence-corrected chi connectivity index (χ2v) is 6.94. The maximum atomic E-state index is 12.7. The minimum Gasteiger partial charge on any atom is -0.298 e. The minimum atomic E-state index is -4.69. The second-order valence-electron chi connectivity index (χ2n) is 6.94. The van der Waals surface area contributed by atoms with Crippen LogP contribution >= 0.6 is 0 Å². The van der Waals surface area contributed by atoms with Crippen LogP contribution in [0.25, 0.3) is 0 Å². The maximum Gasteiger partial charge on any atom is 0.436 e. The van der Waals surface area contributed by atoms with Gasteiger partial charge in [0.1, 0.15) is 0 Å². The molecule has 0 saturated carbocycles. The summed E-state index contributed by atoms with van der Waals surface area (Å²) < 4.78 is 117. The van der Waals surface area contributed by atoms with Crippen LogP contribution in [0.15, 0.2) is 18.6 Å². The molecule has 0 aromatic carbocycles. The molecule has 3 rings (SSSR count). The summed E-state index contributed by atoms with van der Waals surface area (Å²) >= 11 is 0. The molecule has 0 aliphatic rings. The van der Waals surface area contributed by atoms with E-state index in [0.717, 1.165) is 14.0 Å². The van der Waals surface area contributed by atoms with Crippen molar-refractivity contribution in [3.63, 3.8) is 0 Å². The monoisotopic (exact) mass is 506 g/mol. The highest BCUT2D eigenvalue weighted by Crippen LogP contribution is 2.28. The molecule has 0 aliphatic carbocycles. The Morgan fingerprint density at radius 3 is 1.00 bits per heavy atom. The highest BCUT2D eigenvalue weighted by molar-refractivity contribution is 4.99. The average Bonchev–Trinajstić information content (AvgIpc) is 3.46. The zero-order chi connectivity index (χ0) is 25.1. The van der Waals surface area contributed by atoms with Crippen LogP contribution in [0.1, 0.15) is 17.1 Å². The Balaban J connectivity index is 1.64. The largest absolute Gasteiger partial charge is 0.436 e. The fourth-order valence-corrected chi connectivity index (χ4v) is 2.68. The molecule has 0 bridgehead atoms. The third-order valence-electron chi connectivity index (χ3n) is 4.42. The molecule has 0 aliphatic heterocycles. The van der Waals surface area contributed by atoms with Crippen molar-refractivity contribution < 1.29 is 39.5 Å². The fraction of sp³-hybridized carbons (Fsp3) is 0.600. The first-order valence-electron chi connectivity index (χ1n) is 9.36. The van der Waals surface area contributed by atoms with Crippen LogP contribution in [0.5, 0.6) is 0 Å². The minimum absolute atomic E-state index is 0.0440. The molecule has 0 atom stereocenters. The van der Waals surface area contributed by atoms with E-state index in [0.29, 0.717) is 18.6 Å². The van der Waals surface area contributed by atoms with Crippen LogP contribution in [0, 0.1) is 0 Å². The van der Waals surface area contributed by atoms with Gasteiger partial charge in [-0.3, -0.25) is 18.9 Å². The van der Waals surface area contributed by atoms with Crippen molar-refractivity contribution in [2.45, 2.75) is 38.2 Å². The van der Waals surface area contributed by atoms with E-state index in [1.807, 2.05) is 0 Å². The molecular weight excluding hydrogens is 491 g/mol. The molecule has 0 radical (unpaired) electrons. The Morgan fingerprint density at radius 2 is 0.794 bits per heavy atom. The van der Waals surface area contributed by atoms with Crippen molar-refractivity contribution in [3.8, 4) is 0 Å². The number of nitrogens with zero attached hydrogens (tertiary/aromatic N) is 10. The lowest BCUT2D eigenvalue weighted by Crippen LogP contribution is -2.34. The number of hydrogen-bond acceptors (Lipinski definition) is 7. The molecule has 0 N–H and O–H groups in total. The zero-order valence-electron chi connectivity index (χ0n) is 16.8. The Kier molecular flexibility index (Phi) is 7.13. The third kappa shape index (κ3) is 6.87. The normalized spacial score (nSPS) is 13.2. The maximum absolute atomic E-state index is 12.7. The van der Waals surface area contributed by atoms with Gasteiger partial charge in [0, 0.05) is 19.6 Å². The van der Waals surface area contributed by atoms with Crippen LogP contribution in [0.4, 0.5) is 39.5 Å². The first kappa shape index (κ1) is 25.4. The molecule has 188 valence electrons. The Morgan fingerprint density at radius 1 is 0.529 bits per heavy atom. The van der Waals surface area contributed by atoms with Gasteiger partial charge in [-0.2, -0.15) is 39.5 Å². The topological polar surface area (TPSA) is 95.4 Å². The lowest BCUT2D eigenvalue weighted by Gasteiger charge is -2.21. The SMILES string of the molecule is FC(F)(F)c1cn(CCN(CCn2cc(C(F)(F)F)nn2)CCn2cc(C(F)(F)F)nn2)nn1. The standard InChI is InChI=1S/C15H15F9N10/c16-13(17,18)10-7-32(28-25-10)4-1-31(2-5-33-8-11(26-29-33)14(19,20)21)3-6-34-9-12(27-30-34)15(22,23)24/h7-9H,1-6H2. The molecule has 3 aromatic heterocycles. The van der Waals surface area contributed by atoms with Gasteiger partial charge in [-0.15, -0.1) is 15.3 Å². The van der Waals surface area contributed by atoms with Gasteiger partial charge in [0.25, 0.3) is 0 Å². The number of hydrogen-bond donors (Lipinski definition) is 0. The summed E-state index contributed by atoms with van der Waals surface area (Å²) in [6.45, 7) is -0.120. The van der Waals surface area contributed by atoms with Crippen molar-refractivity contribution in [1.82, 2.24) is 49.9 Å². The number of aromatic nitrogens is 9. The second kappa shape index (κ2) is 9.55. The van der Waals surface area contributed by atoms with Crippen molar-refractivity contribution >= 4 is 0 Å².